The van der Waals surface area contributed by atoms with Gasteiger partial charge in [-0.1, -0.05) is 12.1 Å². The number of fused-ring (bicyclic) bond motifs is 2. The lowest BCUT2D eigenvalue weighted by atomic mass is 10.0. The van der Waals surface area contributed by atoms with E-state index in [1.807, 2.05) is 6.92 Å². The number of benzene rings is 1. The first-order valence-corrected chi connectivity index (χ1v) is 8.01. The van der Waals surface area contributed by atoms with E-state index in [-0.39, 0.29) is 6.04 Å². The molecule has 0 aliphatic carbocycles. The highest BCUT2D eigenvalue weighted by molar-refractivity contribution is 5.83. The van der Waals surface area contributed by atoms with Crippen molar-refractivity contribution < 1.29 is 9.53 Å². The SMILES string of the molecule is C[C@@H]1C(=O)N2CCC[C@H]2CN1Cc1ccc2c(c1)CCO2. The van der Waals surface area contributed by atoms with Gasteiger partial charge in [0.2, 0.25) is 5.91 Å². The van der Waals surface area contributed by atoms with Gasteiger partial charge in [0.05, 0.1) is 12.6 Å². The maximum Gasteiger partial charge on any atom is 0.239 e. The monoisotopic (exact) mass is 286 g/mol. The van der Waals surface area contributed by atoms with E-state index in [1.165, 1.54) is 11.1 Å². The van der Waals surface area contributed by atoms with Crippen LogP contribution in [0.25, 0.3) is 0 Å². The van der Waals surface area contributed by atoms with Crippen LogP contribution in [0, 0.1) is 0 Å². The van der Waals surface area contributed by atoms with Gasteiger partial charge in [-0.15, -0.1) is 0 Å². The van der Waals surface area contributed by atoms with Crippen LogP contribution in [-0.2, 0) is 17.8 Å². The van der Waals surface area contributed by atoms with Crippen molar-refractivity contribution in [3.63, 3.8) is 0 Å². The number of ether oxygens (including phenoxy) is 1. The zero-order valence-corrected chi connectivity index (χ0v) is 12.5. The molecule has 4 heteroatoms. The van der Waals surface area contributed by atoms with Gasteiger partial charge in [-0.3, -0.25) is 9.69 Å². The quantitative estimate of drug-likeness (QED) is 0.831. The van der Waals surface area contributed by atoms with Gasteiger partial charge in [0, 0.05) is 32.1 Å². The molecule has 3 aliphatic rings. The zero-order chi connectivity index (χ0) is 14.4. The molecular formula is C17H22N2O2. The predicted molar refractivity (Wildman–Crippen MR) is 80.2 cm³/mol. The Morgan fingerprint density at radius 1 is 1.38 bits per heavy atom. The van der Waals surface area contributed by atoms with Crippen LogP contribution in [0.3, 0.4) is 0 Å². The Bertz CT molecular complexity index is 572. The molecule has 1 aromatic carbocycles. The molecule has 1 aromatic rings. The summed E-state index contributed by atoms with van der Waals surface area (Å²) >= 11 is 0. The van der Waals surface area contributed by atoms with E-state index in [1.54, 1.807) is 0 Å². The number of nitrogens with zero attached hydrogens (tertiary/aromatic N) is 2. The van der Waals surface area contributed by atoms with Crippen molar-refractivity contribution in [1.29, 1.82) is 0 Å². The molecule has 0 unspecified atom stereocenters. The van der Waals surface area contributed by atoms with Crippen molar-refractivity contribution in [3.8, 4) is 5.75 Å². The van der Waals surface area contributed by atoms with E-state index in [0.29, 0.717) is 11.9 Å². The summed E-state index contributed by atoms with van der Waals surface area (Å²) in [4.78, 5) is 16.9. The summed E-state index contributed by atoms with van der Waals surface area (Å²) in [6.07, 6.45) is 3.33. The van der Waals surface area contributed by atoms with Gasteiger partial charge in [0.15, 0.2) is 0 Å². The van der Waals surface area contributed by atoms with E-state index in [2.05, 4.69) is 28.0 Å². The summed E-state index contributed by atoms with van der Waals surface area (Å²) < 4.78 is 5.56. The minimum Gasteiger partial charge on any atom is -0.493 e. The summed E-state index contributed by atoms with van der Waals surface area (Å²) in [5, 5.41) is 0. The second-order valence-electron chi connectivity index (χ2n) is 6.47. The molecule has 0 radical (unpaired) electrons. The van der Waals surface area contributed by atoms with Gasteiger partial charge in [0.25, 0.3) is 0 Å². The van der Waals surface area contributed by atoms with Crippen LogP contribution < -0.4 is 4.74 Å². The fraction of sp³-hybridized carbons (Fsp3) is 0.588. The number of piperazine rings is 1. The number of carbonyl (C=O) groups is 1. The molecule has 0 N–H and O–H groups in total. The standard InChI is InChI=1S/C17H22N2O2/c1-12-17(20)19-7-2-3-15(19)11-18(12)10-13-4-5-16-14(9-13)6-8-21-16/h4-5,9,12,15H,2-3,6-8,10-11H2,1H3/t12-,15+/m1/s1. The first-order valence-electron chi connectivity index (χ1n) is 8.01. The molecule has 4 rings (SSSR count). The molecule has 112 valence electrons. The number of hydrogen-bond acceptors (Lipinski definition) is 3. The predicted octanol–water partition coefficient (Wildman–Crippen LogP) is 1.82. The second-order valence-corrected chi connectivity index (χ2v) is 6.47. The number of amides is 1. The molecule has 0 saturated carbocycles. The zero-order valence-electron chi connectivity index (χ0n) is 12.5. The average Bonchev–Trinajstić information content (AvgIpc) is 3.12. The summed E-state index contributed by atoms with van der Waals surface area (Å²) in [5.41, 5.74) is 2.61. The summed E-state index contributed by atoms with van der Waals surface area (Å²) in [7, 11) is 0. The Kier molecular flexibility index (Phi) is 3.14. The van der Waals surface area contributed by atoms with Crippen LogP contribution in [0.2, 0.25) is 0 Å². The lowest BCUT2D eigenvalue weighted by molar-refractivity contribution is -0.143. The van der Waals surface area contributed by atoms with Crippen LogP contribution in [0.1, 0.15) is 30.9 Å². The Morgan fingerprint density at radius 2 is 2.29 bits per heavy atom. The highest BCUT2D eigenvalue weighted by Gasteiger charge is 2.40. The van der Waals surface area contributed by atoms with E-state index >= 15 is 0 Å². The first kappa shape index (κ1) is 13.1. The Morgan fingerprint density at radius 3 is 3.19 bits per heavy atom. The normalized spacial score (nSPS) is 28.4. The molecular weight excluding hydrogens is 264 g/mol. The molecule has 3 heterocycles. The van der Waals surface area contributed by atoms with E-state index in [9.17, 15) is 4.79 Å². The van der Waals surface area contributed by atoms with Crippen molar-refractivity contribution in [1.82, 2.24) is 9.80 Å². The van der Waals surface area contributed by atoms with E-state index in [0.717, 1.165) is 51.3 Å². The van der Waals surface area contributed by atoms with Crippen LogP contribution in [0.5, 0.6) is 5.75 Å². The Balaban J connectivity index is 1.52. The molecule has 21 heavy (non-hydrogen) atoms. The average molecular weight is 286 g/mol. The smallest absolute Gasteiger partial charge is 0.239 e. The second kappa shape index (κ2) is 5.02. The van der Waals surface area contributed by atoms with Crippen molar-refractivity contribution in [2.45, 2.75) is 44.8 Å². The van der Waals surface area contributed by atoms with Gasteiger partial charge >= 0.3 is 0 Å². The van der Waals surface area contributed by atoms with Crippen LogP contribution in [0.15, 0.2) is 18.2 Å². The topological polar surface area (TPSA) is 32.8 Å². The molecule has 2 atom stereocenters. The lowest BCUT2D eigenvalue weighted by Gasteiger charge is -2.41. The third kappa shape index (κ3) is 2.22. The van der Waals surface area contributed by atoms with Gasteiger partial charge in [-0.05, 0) is 37.0 Å². The maximum atomic E-state index is 12.5. The summed E-state index contributed by atoms with van der Waals surface area (Å²) in [6, 6.07) is 6.91. The van der Waals surface area contributed by atoms with Crippen LogP contribution in [0.4, 0.5) is 0 Å². The fourth-order valence-electron chi connectivity index (χ4n) is 3.91. The summed E-state index contributed by atoms with van der Waals surface area (Å²) in [6.45, 7) is 5.69. The third-order valence-electron chi connectivity index (χ3n) is 5.15. The van der Waals surface area contributed by atoms with E-state index in [4.69, 9.17) is 4.74 Å². The van der Waals surface area contributed by atoms with Crippen molar-refractivity contribution in [2.24, 2.45) is 0 Å². The third-order valence-corrected chi connectivity index (χ3v) is 5.15. The van der Waals surface area contributed by atoms with Gasteiger partial charge in [-0.2, -0.15) is 0 Å². The highest BCUT2D eigenvalue weighted by Crippen LogP contribution is 2.29. The van der Waals surface area contributed by atoms with Crippen molar-refractivity contribution in [2.75, 3.05) is 19.7 Å². The number of rotatable bonds is 2. The molecule has 1 amide bonds. The molecule has 2 saturated heterocycles. The number of carbonyl (C=O) groups excluding carboxylic acids is 1. The Labute approximate surface area is 125 Å². The minimum absolute atomic E-state index is 0.00357. The molecule has 3 aliphatic heterocycles. The van der Waals surface area contributed by atoms with Crippen LogP contribution >= 0.6 is 0 Å². The minimum atomic E-state index is 0.00357. The van der Waals surface area contributed by atoms with Gasteiger partial charge < -0.3 is 9.64 Å². The molecule has 0 spiro atoms. The Hall–Kier alpha value is -1.55. The van der Waals surface area contributed by atoms with Gasteiger partial charge in [0.1, 0.15) is 5.75 Å². The molecule has 4 nitrogen and oxygen atoms in total. The molecule has 0 aromatic heterocycles. The number of hydrogen-bond donors (Lipinski definition) is 0. The molecule has 2 fully saturated rings. The van der Waals surface area contributed by atoms with Gasteiger partial charge in [-0.25, -0.2) is 0 Å². The largest absolute Gasteiger partial charge is 0.493 e. The van der Waals surface area contributed by atoms with E-state index < -0.39 is 0 Å². The lowest BCUT2D eigenvalue weighted by Crippen LogP contribution is -2.58. The molecule has 0 bridgehead atoms. The van der Waals surface area contributed by atoms with Crippen LogP contribution in [-0.4, -0.2) is 47.5 Å². The summed E-state index contributed by atoms with van der Waals surface area (Å²) in [5.74, 6) is 1.34. The van der Waals surface area contributed by atoms with Crippen molar-refractivity contribution >= 4 is 5.91 Å². The fourth-order valence-corrected chi connectivity index (χ4v) is 3.91. The van der Waals surface area contributed by atoms with Crippen molar-refractivity contribution in [3.05, 3.63) is 29.3 Å². The highest BCUT2D eigenvalue weighted by atomic mass is 16.5. The first-order chi connectivity index (χ1) is 10.2. The maximum absolute atomic E-state index is 12.5.